The van der Waals surface area contributed by atoms with E-state index in [-0.39, 0.29) is 12.1 Å². The smallest absolute Gasteiger partial charge is 0.277 e. The van der Waals surface area contributed by atoms with Crippen molar-refractivity contribution in [2.24, 2.45) is 0 Å². The van der Waals surface area contributed by atoms with E-state index in [4.69, 9.17) is 0 Å². The van der Waals surface area contributed by atoms with Crippen LogP contribution in [0.4, 0.5) is 0 Å². The Hall–Kier alpha value is -2.44. The highest BCUT2D eigenvalue weighted by molar-refractivity contribution is 5.95. The predicted octanol–water partition coefficient (Wildman–Crippen LogP) is 0.0398. The highest BCUT2D eigenvalue weighted by Crippen LogP contribution is 2.04. The van der Waals surface area contributed by atoms with Crippen LogP contribution in [0, 0.1) is 13.8 Å². The summed E-state index contributed by atoms with van der Waals surface area (Å²) >= 11 is 0. The van der Waals surface area contributed by atoms with Crippen LogP contribution in [0.5, 0.6) is 0 Å². The molecule has 0 fully saturated rings. The summed E-state index contributed by atoms with van der Waals surface area (Å²) in [6, 6.07) is 0. The SMILES string of the molecule is Cc1n[nH]c(=O)c(C(=O)NCc2ncc[nH]2)c1C. The van der Waals surface area contributed by atoms with Crippen molar-refractivity contribution in [3.05, 3.63) is 45.4 Å². The summed E-state index contributed by atoms with van der Waals surface area (Å²) in [4.78, 5) is 30.4. The van der Waals surface area contributed by atoms with Crippen molar-refractivity contribution in [1.82, 2.24) is 25.5 Å². The molecule has 0 saturated carbocycles. The van der Waals surface area contributed by atoms with Crippen LogP contribution in [0.2, 0.25) is 0 Å². The highest BCUT2D eigenvalue weighted by atomic mass is 16.2. The fourth-order valence-electron chi connectivity index (χ4n) is 1.55. The van der Waals surface area contributed by atoms with E-state index in [1.165, 1.54) is 0 Å². The van der Waals surface area contributed by atoms with Crippen molar-refractivity contribution in [3.63, 3.8) is 0 Å². The summed E-state index contributed by atoms with van der Waals surface area (Å²) < 4.78 is 0. The number of aromatic amines is 2. The molecule has 2 aromatic rings. The third-order valence-corrected chi connectivity index (χ3v) is 2.67. The van der Waals surface area contributed by atoms with E-state index in [0.29, 0.717) is 17.1 Å². The molecular formula is C11H13N5O2. The number of hydrogen-bond acceptors (Lipinski definition) is 4. The van der Waals surface area contributed by atoms with Gasteiger partial charge in [-0.05, 0) is 19.4 Å². The molecule has 2 rings (SSSR count). The number of rotatable bonds is 3. The number of hydrogen-bond donors (Lipinski definition) is 3. The van der Waals surface area contributed by atoms with Crippen molar-refractivity contribution in [2.45, 2.75) is 20.4 Å². The number of carbonyl (C=O) groups excluding carboxylic acids is 1. The molecule has 1 amide bonds. The number of nitrogens with zero attached hydrogens (tertiary/aromatic N) is 2. The normalized spacial score (nSPS) is 10.3. The van der Waals surface area contributed by atoms with Crippen LogP contribution in [0.3, 0.4) is 0 Å². The average Bonchev–Trinajstić information content (AvgIpc) is 2.85. The van der Waals surface area contributed by atoms with Gasteiger partial charge in [0.1, 0.15) is 11.4 Å². The third-order valence-electron chi connectivity index (χ3n) is 2.67. The van der Waals surface area contributed by atoms with Crippen molar-refractivity contribution < 1.29 is 4.79 Å². The molecule has 0 aliphatic rings. The van der Waals surface area contributed by atoms with Gasteiger partial charge >= 0.3 is 0 Å². The van der Waals surface area contributed by atoms with Crippen LogP contribution in [0.15, 0.2) is 17.2 Å². The van der Waals surface area contributed by atoms with Crippen LogP contribution in [-0.4, -0.2) is 26.1 Å². The molecule has 0 aliphatic carbocycles. The van der Waals surface area contributed by atoms with E-state index in [1.54, 1.807) is 26.2 Å². The lowest BCUT2D eigenvalue weighted by molar-refractivity contribution is 0.0947. The third kappa shape index (κ3) is 2.29. The van der Waals surface area contributed by atoms with Gasteiger partial charge in [0.15, 0.2) is 0 Å². The van der Waals surface area contributed by atoms with Crippen LogP contribution >= 0.6 is 0 Å². The molecular weight excluding hydrogens is 234 g/mol. The van der Waals surface area contributed by atoms with Gasteiger partial charge in [-0.1, -0.05) is 0 Å². The van der Waals surface area contributed by atoms with Gasteiger partial charge in [0, 0.05) is 12.4 Å². The fraction of sp³-hybridized carbons (Fsp3) is 0.273. The van der Waals surface area contributed by atoms with Crippen molar-refractivity contribution in [1.29, 1.82) is 0 Å². The summed E-state index contributed by atoms with van der Waals surface area (Å²) in [5.74, 6) is 0.193. The second-order valence-electron chi connectivity index (χ2n) is 3.86. The first-order valence-corrected chi connectivity index (χ1v) is 5.42. The Morgan fingerprint density at radius 3 is 2.89 bits per heavy atom. The lowest BCUT2D eigenvalue weighted by atomic mass is 10.1. The first kappa shape index (κ1) is 12.0. The largest absolute Gasteiger partial charge is 0.347 e. The Morgan fingerprint density at radius 2 is 2.22 bits per heavy atom. The molecule has 0 atom stereocenters. The first-order valence-electron chi connectivity index (χ1n) is 5.42. The predicted molar refractivity (Wildman–Crippen MR) is 64.1 cm³/mol. The zero-order chi connectivity index (χ0) is 13.1. The molecule has 7 nitrogen and oxygen atoms in total. The number of imidazole rings is 1. The Labute approximate surface area is 103 Å². The maximum atomic E-state index is 11.9. The number of amides is 1. The summed E-state index contributed by atoms with van der Waals surface area (Å²) in [7, 11) is 0. The van der Waals surface area contributed by atoms with E-state index >= 15 is 0 Å². The molecule has 94 valence electrons. The molecule has 0 aliphatic heterocycles. The van der Waals surface area contributed by atoms with Gasteiger partial charge in [-0.2, -0.15) is 5.10 Å². The Morgan fingerprint density at radius 1 is 1.44 bits per heavy atom. The monoisotopic (exact) mass is 247 g/mol. The van der Waals surface area contributed by atoms with E-state index in [9.17, 15) is 9.59 Å². The molecule has 18 heavy (non-hydrogen) atoms. The zero-order valence-electron chi connectivity index (χ0n) is 10.1. The zero-order valence-corrected chi connectivity index (χ0v) is 10.1. The van der Waals surface area contributed by atoms with Crippen LogP contribution in [0.25, 0.3) is 0 Å². The number of aryl methyl sites for hydroxylation is 1. The molecule has 0 unspecified atom stereocenters. The maximum absolute atomic E-state index is 11.9. The Balaban J connectivity index is 2.19. The summed E-state index contributed by atoms with van der Waals surface area (Å²) in [5.41, 5.74) is 0.803. The van der Waals surface area contributed by atoms with Crippen molar-refractivity contribution in [3.8, 4) is 0 Å². The topological polar surface area (TPSA) is 104 Å². The Kier molecular flexibility index (Phi) is 3.22. The minimum Gasteiger partial charge on any atom is -0.347 e. The van der Waals surface area contributed by atoms with Gasteiger partial charge in [-0.15, -0.1) is 0 Å². The quantitative estimate of drug-likeness (QED) is 0.712. The van der Waals surface area contributed by atoms with Gasteiger partial charge in [0.2, 0.25) is 0 Å². The molecule has 2 heterocycles. The summed E-state index contributed by atoms with van der Waals surface area (Å²) in [6.07, 6.45) is 3.26. The van der Waals surface area contributed by atoms with E-state index in [0.717, 1.165) is 0 Å². The lowest BCUT2D eigenvalue weighted by Gasteiger charge is -2.06. The van der Waals surface area contributed by atoms with Crippen LogP contribution < -0.4 is 10.9 Å². The maximum Gasteiger partial charge on any atom is 0.277 e. The molecule has 3 N–H and O–H groups in total. The van der Waals surface area contributed by atoms with Crippen molar-refractivity contribution in [2.75, 3.05) is 0 Å². The number of aromatic nitrogens is 4. The van der Waals surface area contributed by atoms with E-state index in [2.05, 4.69) is 25.5 Å². The molecule has 0 aromatic carbocycles. The van der Waals surface area contributed by atoms with Gasteiger partial charge < -0.3 is 10.3 Å². The Bertz CT molecular complexity index is 615. The second kappa shape index (κ2) is 4.82. The summed E-state index contributed by atoms with van der Waals surface area (Å²) in [6.45, 7) is 3.67. The minimum absolute atomic E-state index is 0.0917. The number of carbonyl (C=O) groups is 1. The van der Waals surface area contributed by atoms with Crippen molar-refractivity contribution >= 4 is 5.91 Å². The van der Waals surface area contributed by atoms with Gasteiger partial charge in [0.25, 0.3) is 11.5 Å². The first-order chi connectivity index (χ1) is 8.59. The minimum atomic E-state index is -0.491. The molecule has 0 saturated heterocycles. The molecule has 2 aromatic heterocycles. The highest BCUT2D eigenvalue weighted by Gasteiger charge is 2.15. The van der Waals surface area contributed by atoms with E-state index < -0.39 is 11.5 Å². The van der Waals surface area contributed by atoms with E-state index in [1.807, 2.05) is 0 Å². The van der Waals surface area contributed by atoms with Crippen LogP contribution in [0.1, 0.15) is 27.4 Å². The lowest BCUT2D eigenvalue weighted by Crippen LogP contribution is -2.31. The molecule has 0 radical (unpaired) electrons. The number of H-pyrrole nitrogens is 2. The standard InChI is InChI=1S/C11H13N5O2/c1-6-7(2)15-16-11(18)9(6)10(17)14-5-8-12-3-4-13-8/h3-4H,5H2,1-2H3,(H,12,13)(H,14,17)(H,16,18). The summed E-state index contributed by atoms with van der Waals surface area (Å²) in [5, 5.41) is 8.72. The fourth-order valence-corrected chi connectivity index (χ4v) is 1.55. The average molecular weight is 247 g/mol. The van der Waals surface area contributed by atoms with Crippen LogP contribution in [-0.2, 0) is 6.54 Å². The second-order valence-corrected chi connectivity index (χ2v) is 3.86. The molecule has 7 heteroatoms. The number of nitrogens with one attached hydrogen (secondary N) is 3. The molecule has 0 spiro atoms. The van der Waals surface area contributed by atoms with Gasteiger partial charge in [-0.25, -0.2) is 10.1 Å². The molecule has 0 bridgehead atoms. The van der Waals surface area contributed by atoms with Gasteiger partial charge in [-0.3, -0.25) is 9.59 Å². The van der Waals surface area contributed by atoms with Gasteiger partial charge in [0.05, 0.1) is 12.2 Å².